The van der Waals surface area contributed by atoms with Gasteiger partial charge in [-0.3, -0.25) is 9.59 Å². The number of carboxylic acids is 1. The molecule has 1 aromatic rings. The van der Waals surface area contributed by atoms with Crippen molar-refractivity contribution in [1.82, 2.24) is 9.21 Å². The van der Waals surface area contributed by atoms with Crippen molar-refractivity contribution in [3.8, 4) is 0 Å². The molecule has 0 aliphatic carbocycles. The Bertz CT molecular complexity index is 758. The van der Waals surface area contributed by atoms with Crippen molar-refractivity contribution in [2.24, 2.45) is 0 Å². The van der Waals surface area contributed by atoms with Crippen molar-refractivity contribution < 1.29 is 27.5 Å². The standard InChI is InChI=1S/C15H18ClFN2O5S/c1-25(23,24)18-4-2-13(3-5-18)19(9-14(20)21)15(22)10-6-11(16)8-12(17)7-10/h6-8,13H,2-5,9H2,1H3,(H,20,21). The highest BCUT2D eigenvalue weighted by molar-refractivity contribution is 7.88. The second-order valence-corrected chi connectivity index (χ2v) is 8.30. The van der Waals surface area contributed by atoms with Gasteiger partial charge < -0.3 is 10.0 Å². The third-order valence-corrected chi connectivity index (χ3v) is 5.53. The SMILES string of the molecule is CS(=O)(=O)N1CCC(N(CC(=O)O)C(=O)c2cc(F)cc(Cl)c2)CC1. The van der Waals surface area contributed by atoms with Gasteiger partial charge in [0, 0.05) is 29.7 Å². The van der Waals surface area contributed by atoms with Gasteiger partial charge >= 0.3 is 5.97 Å². The first-order valence-corrected chi connectivity index (χ1v) is 9.74. The molecule has 1 amide bonds. The number of carbonyl (C=O) groups is 2. The van der Waals surface area contributed by atoms with Crippen LogP contribution in [0.4, 0.5) is 4.39 Å². The maximum absolute atomic E-state index is 13.5. The molecule has 138 valence electrons. The molecule has 2 rings (SSSR count). The van der Waals surface area contributed by atoms with Crippen LogP contribution in [0.25, 0.3) is 0 Å². The van der Waals surface area contributed by atoms with E-state index in [0.29, 0.717) is 12.8 Å². The van der Waals surface area contributed by atoms with Crippen molar-refractivity contribution in [2.75, 3.05) is 25.9 Å². The molecule has 1 fully saturated rings. The zero-order chi connectivity index (χ0) is 18.8. The molecular formula is C15H18ClFN2O5S. The summed E-state index contributed by atoms with van der Waals surface area (Å²) < 4.78 is 37.9. The van der Waals surface area contributed by atoms with E-state index in [1.165, 1.54) is 10.4 Å². The summed E-state index contributed by atoms with van der Waals surface area (Å²) >= 11 is 5.76. The lowest BCUT2D eigenvalue weighted by Crippen LogP contribution is -2.50. The summed E-state index contributed by atoms with van der Waals surface area (Å²) in [7, 11) is -3.34. The molecule has 1 saturated heterocycles. The van der Waals surface area contributed by atoms with Gasteiger partial charge in [0.2, 0.25) is 10.0 Å². The van der Waals surface area contributed by atoms with Gasteiger partial charge in [-0.25, -0.2) is 17.1 Å². The normalized spacial score (nSPS) is 16.6. The highest BCUT2D eigenvalue weighted by Crippen LogP contribution is 2.22. The summed E-state index contributed by atoms with van der Waals surface area (Å²) in [6, 6.07) is 2.86. The van der Waals surface area contributed by atoms with Gasteiger partial charge in [-0.05, 0) is 31.0 Å². The van der Waals surface area contributed by atoms with E-state index in [0.717, 1.165) is 23.3 Å². The summed E-state index contributed by atoms with van der Waals surface area (Å²) in [5.74, 6) is -2.55. The second kappa shape index (κ2) is 7.67. The van der Waals surface area contributed by atoms with Crippen LogP contribution in [0.1, 0.15) is 23.2 Å². The monoisotopic (exact) mass is 392 g/mol. The fraction of sp³-hybridized carbons (Fsp3) is 0.467. The zero-order valence-corrected chi connectivity index (χ0v) is 15.1. The van der Waals surface area contributed by atoms with Crippen LogP contribution in [0.2, 0.25) is 5.02 Å². The Labute approximate surface area is 150 Å². The maximum atomic E-state index is 13.5. The molecule has 0 atom stereocenters. The molecule has 0 saturated carbocycles. The van der Waals surface area contributed by atoms with Crippen molar-refractivity contribution in [3.05, 3.63) is 34.6 Å². The molecule has 1 heterocycles. The first-order chi connectivity index (χ1) is 11.6. The number of carboxylic acid groups (broad SMARTS) is 1. The van der Waals surface area contributed by atoms with Crippen molar-refractivity contribution >= 4 is 33.5 Å². The summed E-state index contributed by atoms with van der Waals surface area (Å²) in [6.07, 6.45) is 1.70. The van der Waals surface area contributed by atoms with E-state index < -0.39 is 40.3 Å². The van der Waals surface area contributed by atoms with E-state index in [9.17, 15) is 22.4 Å². The van der Waals surface area contributed by atoms with E-state index in [1.807, 2.05) is 0 Å². The minimum atomic E-state index is -3.34. The number of aliphatic carboxylic acids is 1. The zero-order valence-electron chi connectivity index (χ0n) is 13.5. The van der Waals surface area contributed by atoms with Crippen molar-refractivity contribution in [1.29, 1.82) is 0 Å². The molecule has 1 aromatic carbocycles. The number of sulfonamides is 1. The Morgan fingerprint density at radius 2 is 1.92 bits per heavy atom. The quantitative estimate of drug-likeness (QED) is 0.817. The van der Waals surface area contributed by atoms with Gasteiger partial charge in [-0.15, -0.1) is 0 Å². The molecule has 25 heavy (non-hydrogen) atoms. The molecule has 0 bridgehead atoms. The fourth-order valence-electron chi connectivity index (χ4n) is 2.84. The predicted octanol–water partition coefficient (Wildman–Crippen LogP) is 1.43. The molecule has 10 heteroatoms. The minimum absolute atomic E-state index is 0.0329. The third-order valence-electron chi connectivity index (χ3n) is 4.01. The number of hydrogen-bond donors (Lipinski definition) is 1. The molecular weight excluding hydrogens is 375 g/mol. The van der Waals surface area contributed by atoms with Gasteiger partial charge in [0.15, 0.2) is 0 Å². The number of halogens is 2. The lowest BCUT2D eigenvalue weighted by molar-refractivity contribution is -0.138. The topological polar surface area (TPSA) is 95.0 Å². The van der Waals surface area contributed by atoms with Gasteiger partial charge in [0.25, 0.3) is 5.91 Å². The molecule has 7 nitrogen and oxygen atoms in total. The molecule has 1 aliphatic rings. The summed E-state index contributed by atoms with van der Waals surface area (Å²) in [4.78, 5) is 24.9. The summed E-state index contributed by atoms with van der Waals surface area (Å²) in [5.41, 5.74) is -0.0446. The first-order valence-electron chi connectivity index (χ1n) is 7.52. The van der Waals surface area contributed by atoms with Gasteiger partial charge in [0.1, 0.15) is 12.4 Å². The number of hydrogen-bond acceptors (Lipinski definition) is 4. The molecule has 0 aromatic heterocycles. The highest BCUT2D eigenvalue weighted by Gasteiger charge is 2.32. The van der Waals surface area contributed by atoms with Crippen LogP contribution in [0, 0.1) is 5.82 Å². The third kappa shape index (κ3) is 5.13. The van der Waals surface area contributed by atoms with Crippen LogP contribution in [0.3, 0.4) is 0 Å². The largest absolute Gasteiger partial charge is 0.480 e. The molecule has 1 N–H and O–H groups in total. The highest BCUT2D eigenvalue weighted by atomic mass is 35.5. The van der Waals surface area contributed by atoms with Crippen molar-refractivity contribution in [3.63, 3.8) is 0 Å². The fourth-order valence-corrected chi connectivity index (χ4v) is 3.94. The van der Waals surface area contributed by atoms with Crippen LogP contribution in [-0.2, 0) is 14.8 Å². The Kier molecular flexibility index (Phi) is 6.02. The molecule has 0 radical (unpaired) electrons. The van der Waals surface area contributed by atoms with Crippen LogP contribution in [0.5, 0.6) is 0 Å². The van der Waals surface area contributed by atoms with E-state index in [-0.39, 0.29) is 23.7 Å². The second-order valence-electron chi connectivity index (χ2n) is 5.88. The van der Waals surface area contributed by atoms with E-state index in [1.54, 1.807) is 0 Å². The average molecular weight is 393 g/mol. The molecule has 1 aliphatic heterocycles. The van der Waals surface area contributed by atoms with E-state index >= 15 is 0 Å². The van der Waals surface area contributed by atoms with Crippen molar-refractivity contribution in [2.45, 2.75) is 18.9 Å². The van der Waals surface area contributed by atoms with E-state index in [4.69, 9.17) is 16.7 Å². The number of amides is 1. The Balaban J connectivity index is 2.22. The molecule has 0 unspecified atom stereocenters. The number of nitrogens with zero attached hydrogens (tertiary/aromatic N) is 2. The average Bonchev–Trinajstić information content (AvgIpc) is 2.50. The number of carbonyl (C=O) groups excluding carboxylic acids is 1. The first kappa shape index (κ1) is 19.6. The Hall–Kier alpha value is -1.71. The van der Waals surface area contributed by atoms with Crippen LogP contribution in [0.15, 0.2) is 18.2 Å². The Morgan fingerprint density at radius 1 is 1.32 bits per heavy atom. The smallest absolute Gasteiger partial charge is 0.323 e. The summed E-state index contributed by atoms with van der Waals surface area (Å²) in [5, 5.41) is 9.13. The van der Waals surface area contributed by atoms with Gasteiger partial charge in [-0.2, -0.15) is 0 Å². The van der Waals surface area contributed by atoms with Gasteiger partial charge in [0.05, 0.1) is 6.26 Å². The number of rotatable bonds is 5. The van der Waals surface area contributed by atoms with Crippen LogP contribution in [-0.4, -0.2) is 66.5 Å². The predicted molar refractivity (Wildman–Crippen MR) is 89.5 cm³/mol. The number of benzene rings is 1. The Morgan fingerprint density at radius 3 is 2.40 bits per heavy atom. The lowest BCUT2D eigenvalue weighted by atomic mass is 10.0. The van der Waals surface area contributed by atoms with Gasteiger partial charge in [-0.1, -0.05) is 11.6 Å². The van der Waals surface area contributed by atoms with Crippen LogP contribution >= 0.6 is 11.6 Å². The lowest BCUT2D eigenvalue weighted by Gasteiger charge is -2.37. The summed E-state index contributed by atoms with van der Waals surface area (Å²) in [6.45, 7) is -0.176. The van der Waals surface area contributed by atoms with Crippen LogP contribution < -0.4 is 0 Å². The van der Waals surface area contributed by atoms with E-state index in [2.05, 4.69) is 0 Å². The maximum Gasteiger partial charge on any atom is 0.323 e. The minimum Gasteiger partial charge on any atom is -0.480 e. The molecule has 0 spiro atoms. The number of piperidine rings is 1.